The number of H-pyrrole nitrogens is 2. The molecule has 4 aromatic carbocycles. The Bertz CT molecular complexity index is 2280. The molecule has 0 aliphatic carbocycles. The Morgan fingerprint density at radius 2 is 0.848 bits per heavy atom. The summed E-state index contributed by atoms with van der Waals surface area (Å²) in [7, 11) is 3.11. The summed E-state index contributed by atoms with van der Waals surface area (Å²) in [6, 6.07) is 35.7. The quantitative estimate of drug-likeness (QED) is 0.0521. The van der Waals surface area contributed by atoms with Crippen LogP contribution >= 0.6 is 0 Å². The van der Waals surface area contributed by atoms with Crippen molar-refractivity contribution in [1.82, 2.24) is 30.6 Å². The molecule has 6 aromatic rings. The molecule has 2 heterocycles. The highest BCUT2D eigenvalue weighted by atomic mass is 16.5. The monoisotopic (exact) mass is 897 g/mol. The molecule has 0 saturated carbocycles. The fourth-order valence-corrected chi connectivity index (χ4v) is 7.58. The second-order valence-corrected chi connectivity index (χ2v) is 19.5. The predicted molar refractivity (Wildman–Crippen MR) is 260 cm³/mol. The molecule has 66 heavy (non-hydrogen) atoms. The molecule has 12 nitrogen and oxygen atoms in total. The fraction of sp³-hybridized carbons (Fsp3) is 0.407. The highest BCUT2D eigenvalue weighted by Crippen LogP contribution is 2.36. The average Bonchev–Trinajstić information content (AvgIpc) is 4.01. The van der Waals surface area contributed by atoms with Crippen LogP contribution in [0.5, 0.6) is 0 Å². The summed E-state index contributed by atoms with van der Waals surface area (Å²) in [5.74, 6) is 0.873. The number of aromatic amines is 2. The van der Waals surface area contributed by atoms with E-state index in [9.17, 15) is 9.59 Å². The first-order chi connectivity index (χ1) is 31.4. The molecule has 0 aliphatic heterocycles. The standard InChI is InChI=1S/C54H68N6O6/c1-51(2,3)45(59-49(61)53(7,63-9)29-31-65-35-37-17-13-11-14-18-37)47-55-33-43(57-47)41-25-21-39(22-26-41)40-23-27-42(28-24-40)44-34-56-48(58-44)46(52(4,5)6)60-50(62)54(8,64-10)30-32-66-36-38-19-15-12-16-20-38/h11-28,33-34,45-46H,29-32,35-36H2,1-10H3,(H,55,57)(H,56,58)(H,59,61)(H,60,62)/t45-,46?,53+,54?/m1/s1. The molecule has 0 saturated heterocycles. The highest BCUT2D eigenvalue weighted by Gasteiger charge is 2.40. The topological polar surface area (TPSA) is 152 Å². The van der Waals surface area contributed by atoms with Crippen molar-refractivity contribution in [2.24, 2.45) is 10.8 Å². The Hall–Kier alpha value is -5.92. The Morgan fingerprint density at radius 1 is 0.515 bits per heavy atom. The smallest absolute Gasteiger partial charge is 0.252 e. The first kappa shape index (κ1) is 49.5. The molecule has 0 spiro atoms. The highest BCUT2D eigenvalue weighted by molar-refractivity contribution is 5.86. The van der Waals surface area contributed by atoms with Gasteiger partial charge in [-0.1, -0.05) is 151 Å². The normalized spacial score (nSPS) is 14.8. The van der Waals surface area contributed by atoms with Crippen LogP contribution in [-0.2, 0) is 41.8 Å². The van der Waals surface area contributed by atoms with Gasteiger partial charge < -0.3 is 39.5 Å². The average molecular weight is 897 g/mol. The van der Waals surface area contributed by atoms with Crippen molar-refractivity contribution in [2.75, 3.05) is 27.4 Å². The van der Waals surface area contributed by atoms with Crippen molar-refractivity contribution in [1.29, 1.82) is 0 Å². The van der Waals surface area contributed by atoms with Crippen molar-refractivity contribution in [2.45, 2.75) is 105 Å². The first-order valence-corrected chi connectivity index (χ1v) is 22.7. The van der Waals surface area contributed by atoms with Gasteiger partial charge >= 0.3 is 0 Å². The second-order valence-electron chi connectivity index (χ2n) is 19.5. The lowest BCUT2D eigenvalue weighted by Crippen LogP contribution is -2.50. The molecule has 6 rings (SSSR count). The third-order valence-electron chi connectivity index (χ3n) is 12.3. The van der Waals surface area contributed by atoms with Crippen LogP contribution in [-0.4, -0.2) is 70.4 Å². The lowest BCUT2D eigenvalue weighted by Gasteiger charge is -2.34. The number of hydrogen-bond donors (Lipinski definition) is 4. The van der Waals surface area contributed by atoms with Gasteiger partial charge in [0.05, 0.1) is 62.3 Å². The minimum Gasteiger partial charge on any atom is -0.377 e. The molecule has 2 amide bonds. The number of aromatic nitrogens is 4. The van der Waals surface area contributed by atoms with Gasteiger partial charge in [-0.25, -0.2) is 9.97 Å². The van der Waals surface area contributed by atoms with Gasteiger partial charge in [-0.15, -0.1) is 0 Å². The van der Waals surface area contributed by atoms with E-state index in [-0.39, 0.29) is 22.6 Å². The Labute approximate surface area is 390 Å². The summed E-state index contributed by atoms with van der Waals surface area (Å²) in [5, 5.41) is 6.46. The minimum atomic E-state index is -1.09. The van der Waals surface area contributed by atoms with E-state index in [1.807, 2.05) is 73.1 Å². The number of methoxy groups -OCH3 is 2. The van der Waals surface area contributed by atoms with Gasteiger partial charge in [0.15, 0.2) is 0 Å². The van der Waals surface area contributed by atoms with E-state index in [0.717, 1.165) is 44.8 Å². The van der Waals surface area contributed by atoms with Gasteiger partial charge in [0.1, 0.15) is 22.9 Å². The summed E-state index contributed by atoms with van der Waals surface area (Å²) >= 11 is 0. The van der Waals surface area contributed by atoms with Gasteiger partial charge in [-0.2, -0.15) is 0 Å². The van der Waals surface area contributed by atoms with Crippen LogP contribution in [0.1, 0.15) is 103 Å². The van der Waals surface area contributed by atoms with Gasteiger partial charge in [0, 0.05) is 27.1 Å². The largest absolute Gasteiger partial charge is 0.377 e. The zero-order valence-electron chi connectivity index (χ0n) is 40.3. The molecule has 350 valence electrons. The SMILES string of the molecule is COC(C)(CCOCc1ccccc1)C(=O)NC(c1ncc(-c2ccc(-c3ccc(-c4cnc([C@@H](NC(=O)[C@](C)(CCOCc5ccccc5)OC)C(C)(C)C)[nH]4)cc3)cc2)[nH]1)C(C)(C)C. The zero-order valence-corrected chi connectivity index (χ0v) is 40.3. The summed E-state index contributed by atoms with van der Waals surface area (Å²) < 4.78 is 23.3. The third-order valence-corrected chi connectivity index (χ3v) is 12.3. The third kappa shape index (κ3) is 12.7. The molecule has 4 N–H and O–H groups in total. The van der Waals surface area contributed by atoms with Gasteiger partial charge in [-0.05, 0) is 58.1 Å². The second kappa shape index (κ2) is 21.6. The van der Waals surface area contributed by atoms with Crippen LogP contribution in [0.3, 0.4) is 0 Å². The van der Waals surface area contributed by atoms with E-state index < -0.39 is 23.3 Å². The lowest BCUT2D eigenvalue weighted by atomic mass is 9.85. The van der Waals surface area contributed by atoms with Gasteiger partial charge in [0.25, 0.3) is 11.8 Å². The Kier molecular flexibility index (Phi) is 16.2. The van der Waals surface area contributed by atoms with Crippen LogP contribution in [0.4, 0.5) is 0 Å². The van der Waals surface area contributed by atoms with Crippen molar-refractivity contribution in [3.05, 3.63) is 144 Å². The van der Waals surface area contributed by atoms with Crippen molar-refractivity contribution in [3.8, 4) is 33.6 Å². The van der Waals surface area contributed by atoms with Crippen LogP contribution in [0.2, 0.25) is 0 Å². The number of nitrogens with zero attached hydrogens (tertiary/aromatic N) is 2. The summed E-state index contributed by atoms with van der Waals surface area (Å²) in [4.78, 5) is 44.0. The molecule has 0 aliphatic rings. The number of hydrogen-bond acceptors (Lipinski definition) is 8. The Balaban J connectivity index is 1.07. The molecular formula is C54H68N6O6. The number of ether oxygens (including phenoxy) is 4. The van der Waals surface area contributed by atoms with E-state index in [1.165, 1.54) is 0 Å². The van der Waals surface area contributed by atoms with Crippen molar-refractivity contribution < 1.29 is 28.5 Å². The maximum Gasteiger partial charge on any atom is 0.252 e. The maximum atomic E-state index is 13.8. The zero-order chi connectivity index (χ0) is 47.5. The molecule has 4 atom stereocenters. The van der Waals surface area contributed by atoms with E-state index in [4.69, 9.17) is 28.9 Å². The summed E-state index contributed by atoms with van der Waals surface area (Å²) in [5.41, 5.74) is 5.01. The number of amides is 2. The summed E-state index contributed by atoms with van der Waals surface area (Å²) in [6.07, 6.45) is 4.41. The maximum absolute atomic E-state index is 13.8. The number of rotatable bonds is 21. The van der Waals surface area contributed by atoms with E-state index in [0.29, 0.717) is 50.9 Å². The number of imidazole rings is 2. The number of nitrogens with one attached hydrogen (secondary N) is 4. The first-order valence-electron chi connectivity index (χ1n) is 22.7. The Morgan fingerprint density at radius 3 is 1.17 bits per heavy atom. The molecule has 2 unspecified atom stereocenters. The van der Waals surface area contributed by atoms with Crippen molar-refractivity contribution >= 4 is 11.8 Å². The molecule has 0 fully saturated rings. The van der Waals surface area contributed by atoms with Crippen LogP contribution in [0, 0.1) is 10.8 Å². The van der Waals surface area contributed by atoms with E-state index >= 15 is 0 Å². The number of carbonyl (C=O) groups excluding carboxylic acids is 2. The van der Waals surface area contributed by atoms with Gasteiger partial charge in [0.2, 0.25) is 0 Å². The molecule has 2 aromatic heterocycles. The van der Waals surface area contributed by atoms with E-state index in [2.05, 4.69) is 111 Å². The molecule has 12 heteroatoms. The molecule has 0 bridgehead atoms. The fourth-order valence-electron chi connectivity index (χ4n) is 7.58. The molecular weight excluding hydrogens is 829 g/mol. The minimum absolute atomic E-state index is 0.227. The van der Waals surface area contributed by atoms with Crippen LogP contribution in [0.15, 0.2) is 122 Å². The van der Waals surface area contributed by atoms with Crippen LogP contribution in [0.25, 0.3) is 33.6 Å². The predicted octanol–water partition coefficient (Wildman–Crippen LogP) is 10.6. The summed E-state index contributed by atoms with van der Waals surface area (Å²) in [6.45, 7) is 17.7. The van der Waals surface area contributed by atoms with Crippen molar-refractivity contribution in [3.63, 3.8) is 0 Å². The van der Waals surface area contributed by atoms with E-state index in [1.54, 1.807) is 28.1 Å². The number of benzene rings is 4. The lowest BCUT2D eigenvalue weighted by molar-refractivity contribution is -0.146. The molecule has 0 radical (unpaired) electrons. The van der Waals surface area contributed by atoms with Crippen LogP contribution < -0.4 is 10.6 Å². The number of carbonyl (C=O) groups is 2. The van der Waals surface area contributed by atoms with Gasteiger partial charge in [-0.3, -0.25) is 9.59 Å².